The van der Waals surface area contributed by atoms with Crippen LogP contribution < -0.4 is 5.32 Å². The van der Waals surface area contributed by atoms with Gasteiger partial charge in [-0.1, -0.05) is 38.1 Å². The summed E-state index contributed by atoms with van der Waals surface area (Å²) in [6.07, 6.45) is 2.11. The van der Waals surface area contributed by atoms with E-state index in [4.69, 9.17) is 0 Å². The number of hydrogen-bond acceptors (Lipinski definition) is 2. The summed E-state index contributed by atoms with van der Waals surface area (Å²) < 4.78 is 0. The molecule has 1 rings (SSSR count). The zero-order valence-electron chi connectivity index (χ0n) is 11.9. The number of rotatable bonds is 6. The monoisotopic (exact) mass is 261 g/mol. The van der Waals surface area contributed by atoms with Crippen LogP contribution in [0.4, 0.5) is 0 Å². The molecule has 0 fully saturated rings. The SMILES string of the molecule is C=CC[C@](C)(O)[C@@H](NC(=O)c1ccccc1)C(C)C. The second-order valence-corrected chi connectivity index (χ2v) is 5.41. The first-order valence-electron chi connectivity index (χ1n) is 6.57. The number of carbonyl (C=O) groups is 1. The van der Waals surface area contributed by atoms with Crippen molar-refractivity contribution in [2.75, 3.05) is 0 Å². The topological polar surface area (TPSA) is 49.3 Å². The molecule has 0 unspecified atom stereocenters. The number of carbonyl (C=O) groups excluding carboxylic acids is 1. The third kappa shape index (κ3) is 4.21. The summed E-state index contributed by atoms with van der Waals surface area (Å²) in [5, 5.41) is 13.4. The first kappa shape index (κ1) is 15.4. The molecule has 3 nitrogen and oxygen atoms in total. The van der Waals surface area contributed by atoms with Crippen molar-refractivity contribution in [1.82, 2.24) is 5.32 Å². The van der Waals surface area contributed by atoms with Crippen molar-refractivity contribution in [2.45, 2.75) is 38.8 Å². The maximum absolute atomic E-state index is 12.2. The Hall–Kier alpha value is -1.61. The molecule has 3 heteroatoms. The van der Waals surface area contributed by atoms with Crippen LogP contribution in [0.1, 0.15) is 37.6 Å². The largest absolute Gasteiger partial charge is 0.388 e. The molecule has 0 bridgehead atoms. The van der Waals surface area contributed by atoms with Crippen LogP contribution in [0.15, 0.2) is 43.0 Å². The number of benzene rings is 1. The van der Waals surface area contributed by atoms with E-state index in [9.17, 15) is 9.90 Å². The molecular formula is C16H23NO2. The molecule has 0 radical (unpaired) electrons. The Morgan fingerprint density at radius 2 is 2.00 bits per heavy atom. The molecule has 19 heavy (non-hydrogen) atoms. The van der Waals surface area contributed by atoms with Crippen molar-refractivity contribution in [3.8, 4) is 0 Å². The van der Waals surface area contributed by atoms with Gasteiger partial charge in [0.05, 0.1) is 11.6 Å². The van der Waals surface area contributed by atoms with Crippen LogP contribution in [0.3, 0.4) is 0 Å². The first-order chi connectivity index (χ1) is 8.88. The summed E-state index contributed by atoms with van der Waals surface area (Å²) in [5.41, 5.74) is -0.400. The van der Waals surface area contributed by atoms with Crippen molar-refractivity contribution < 1.29 is 9.90 Å². The lowest BCUT2D eigenvalue weighted by molar-refractivity contribution is 0.00598. The minimum absolute atomic E-state index is 0.127. The summed E-state index contributed by atoms with van der Waals surface area (Å²) in [5.74, 6) is -0.0359. The summed E-state index contributed by atoms with van der Waals surface area (Å²) in [7, 11) is 0. The van der Waals surface area contributed by atoms with E-state index in [-0.39, 0.29) is 17.9 Å². The van der Waals surface area contributed by atoms with Crippen LogP contribution in [-0.4, -0.2) is 22.7 Å². The molecule has 0 spiro atoms. The van der Waals surface area contributed by atoms with Gasteiger partial charge in [-0.3, -0.25) is 4.79 Å². The fourth-order valence-electron chi connectivity index (χ4n) is 2.27. The zero-order chi connectivity index (χ0) is 14.5. The summed E-state index contributed by atoms with van der Waals surface area (Å²) in [6, 6.07) is 8.70. The van der Waals surface area contributed by atoms with Gasteiger partial charge in [0.2, 0.25) is 0 Å². The summed E-state index contributed by atoms with van der Waals surface area (Å²) in [6.45, 7) is 9.34. The highest BCUT2D eigenvalue weighted by atomic mass is 16.3. The third-order valence-corrected chi connectivity index (χ3v) is 3.22. The van der Waals surface area contributed by atoms with Gasteiger partial charge in [-0.05, 0) is 31.4 Å². The van der Waals surface area contributed by atoms with E-state index in [0.29, 0.717) is 12.0 Å². The highest BCUT2D eigenvalue weighted by Gasteiger charge is 2.34. The second-order valence-electron chi connectivity index (χ2n) is 5.41. The molecule has 0 saturated carbocycles. The normalized spacial score (nSPS) is 15.6. The van der Waals surface area contributed by atoms with Crippen LogP contribution in [-0.2, 0) is 0 Å². The van der Waals surface area contributed by atoms with E-state index in [1.54, 1.807) is 25.1 Å². The Kier molecular flexibility index (Phi) is 5.31. The molecule has 1 aromatic rings. The first-order valence-corrected chi connectivity index (χ1v) is 6.57. The van der Waals surface area contributed by atoms with Crippen LogP contribution in [0.2, 0.25) is 0 Å². The van der Waals surface area contributed by atoms with Crippen LogP contribution in [0.25, 0.3) is 0 Å². The van der Waals surface area contributed by atoms with Gasteiger partial charge in [-0.2, -0.15) is 0 Å². The fourth-order valence-corrected chi connectivity index (χ4v) is 2.27. The molecule has 0 aliphatic carbocycles. The lowest BCUT2D eigenvalue weighted by Crippen LogP contribution is -2.53. The van der Waals surface area contributed by atoms with E-state index >= 15 is 0 Å². The van der Waals surface area contributed by atoms with E-state index in [0.717, 1.165) is 0 Å². The summed E-state index contributed by atoms with van der Waals surface area (Å²) in [4.78, 5) is 12.2. The third-order valence-electron chi connectivity index (χ3n) is 3.22. The van der Waals surface area contributed by atoms with Crippen molar-refractivity contribution in [2.24, 2.45) is 5.92 Å². The number of aliphatic hydroxyl groups is 1. The molecule has 0 aliphatic heterocycles. The van der Waals surface area contributed by atoms with Gasteiger partial charge < -0.3 is 10.4 Å². The number of nitrogens with one attached hydrogen (secondary N) is 1. The van der Waals surface area contributed by atoms with Gasteiger partial charge in [0.1, 0.15) is 0 Å². The van der Waals surface area contributed by atoms with Gasteiger partial charge in [0.15, 0.2) is 0 Å². The van der Waals surface area contributed by atoms with Gasteiger partial charge in [-0.25, -0.2) is 0 Å². The van der Waals surface area contributed by atoms with E-state index in [2.05, 4.69) is 11.9 Å². The molecule has 104 valence electrons. The molecule has 1 aromatic carbocycles. The van der Waals surface area contributed by atoms with Crippen molar-refractivity contribution in [3.63, 3.8) is 0 Å². The van der Waals surface area contributed by atoms with Crippen LogP contribution in [0, 0.1) is 5.92 Å². The smallest absolute Gasteiger partial charge is 0.251 e. The minimum Gasteiger partial charge on any atom is -0.388 e. The number of hydrogen-bond donors (Lipinski definition) is 2. The molecular weight excluding hydrogens is 238 g/mol. The van der Waals surface area contributed by atoms with Gasteiger partial charge in [-0.15, -0.1) is 6.58 Å². The molecule has 2 N–H and O–H groups in total. The average Bonchev–Trinajstić information content (AvgIpc) is 2.36. The maximum Gasteiger partial charge on any atom is 0.251 e. The van der Waals surface area contributed by atoms with E-state index in [1.165, 1.54) is 0 Å². The van der Waals surface area contributed by atoms with Crippen LogP contribution >= 0.6 is 0 Å². The molecule has 2 atom stereocenters. The predicted octanol–water partition coefficient (Wildman–Crippen LogP) is 2.77. The highest BCUT2D eigenvalue weighted by Crippen LogP contribution is 2.22. The fraction of sp³-hybridized carbons (Fsp3) is 0.438. The van der Waals surface area contributed by atoms with E-state index in [1.807, 2.05) is 32.0 Å². The maximum atomic E-state index is 12.2. The molecule has 1 amide bonds. The standard InChI is InChI=1S/C16H23NO2/c1-5-11-16(4,19)14(12(2)3)17-15(18)13-9-7-6-8-10-13/h5-10,12,14,19H,1,11H2,2-4H3,(H,17,18)/t14-,16-/m0/s1. The average molecular weight is 261 g/mol. The van der Waals surface area contributed by atoms with Crippen molar-refractivity contribution in [3.05, 3.63) is 48.6 Å². The molecule has 0 saturated heterocycles. The lowest BCUT2D eigenvalue weighted by Gasteiger charge is -2.35. The molecule has 0 aliphatic rings. The quantitative estimate of drug-likeness (QED) is 0.774. The Morgan fingerprint density at radius 3 is 2.47 bits per heavy atom. The second kappa shape index (κ2) is 6.53. The lowest BCUT2D eigenvalue weighted by atomic mass is 9.85. The number of amides is 1. The van der Waals surface area contributed by atoms with Gasteiger partial charge in [0.25, 0.3) is 5.91 Å². The Bertz CT molecular complexity index is 424. The van der Waals surface area contributed by atoms with Gasteiger partial charge >= 0.3 is 0 Å². The Balaban J connectivity index is 2.85. The molecule has 0 aromatic heterocycles. The predicted molar refractivity (Wildman–Crippen MR) is 78.0 cm³/mol. The van der Waals surface area contributed by atoms with Gasteiger partial charge in [0, 0.05) is 5.56 Å². The van der Waals surface area contributed by atoms with Crippen molar-refractivity contribution >= 4 is 5.91 Å². The zero-order valence-corrected chi connectivity index (χ0v) is 11.9. The van der Waals surface area contributed by atoms with E-state index < -0.39 is 5.60 Å². The molecule has 0 heterocycles. The minimum atomic E-state index is -1.000. The Labute approximate surface area is 115 Å². The Morgan fingerprint density at radius 1 is 1.42 bits per heavy atom. The van der Waals surface area contributed by atoms with Crippen molar-refractivity contribution in [1.29, 1.82) is 0 Å². The summed E-state index contributed by atoms with van der Waals surface area (Å²) >= 11 is 0. The van der Waals surface area contributed by atoms with Crippen LogP contribution in [0.5, 0.6) is 0 Å². The highest BCUT2D eigenvalue weighted by molar-refractivity contribution is 5.94.